The first-order valence-electron chi connectivity index (χ1n) is 8.02. The SMILES string of the molecule is O=C1[C@@H]2[C@H](C(=O)N1/N=C/c1ccccc1O)[C@H]1C=C[C@@H]2C12CC2. The van der Waals surface area contributed by atoms with E-state index in [0.29, 0.717) is 5.56 Å². The van der Waals surface area contributed by atoms with Crippen LogP contribution in [-0.4, -0.2) is 28.1 Å². The Bertz CT molecular complexity index is 759. The number of para-hydroxylation sites is 1. The van der Waals surface area contributed by atoms with E-state index in [0.717, 1.165) is 17.9 Å². The van der Waals surface area contributed by atoms with Gasteiger partial charge in [0.15, 0.2) is 0 Å². The molecule has 0 aromatic heterocycles. The second-order valence-electron chi connectivity index (χ2n) is 7.01. The van der Waals surface area contributed by atoms with Gasteiger partial charge in [-0.3, -0.25) is 9.59 Å². The molecule has 2 amide bonds. The van der Waals surface area contributed by atoms with E-state index in [1.807, 2.05) is 0 Å². The van der Waals surface area contributed by atoms with Gasteiger partial charge in [-0.25, -0.2) is 0 Å². The summed E-state index contributed by atoms with van der Waals surface area (Å²) in [5, 5.41) is 14.9. The first kappa shape index (κ1) is 13.0. The average Bonchev–Trinajstić information content (AvgIpc) is 3.15. The number of imide groups is 1. The van der Waals surface area contributed by atoms with Gasteiger partial charge in [-0.15, -0.1) is 0 Å². The molecule has 23 heavy (non-hydrogen) atoms. The van der Waals surface area contributed by atoms with Crippen LogP contribution in [0.3, 0.4) is 0 Å². The molecule has 116 valence electrons. The van der Waals surface area contributed by atoms with Crippen molar-refractivity contribution < 1.29 is 14.7 Å². The lowest BCUT2D eigenvalue weighted by Crippen LogP contribution is -2.30. The van der Waals surface area contributed by atoms with Crippen molar-refractivity contribution >= 4 is 18.0 Å². The van der Waals surface area contributed by atoms with Crippen molar-refractivity contribution in [3.8, 4) is 5.75 Å². The van der Waals surface area contributed by atoms with Gasteiger partial charge < -0.3 is 5.11 Å². The number of carbonyl (C=O) groups excluding carboxylic acids is 2. The van der Waals surface area contributed by atoms with Gasteiger partial charge in [-0.2, -0.15) is 10.1 Å². The first-order chi connectivity index (χ1) is 11.1. The molecule has 1 N–H and O–H groups in total. The minimum absolute atomic E-state index is 0.0780. The van der Waals surface area contributed by atoms with Gasteiger partial charge in [-0.05, 0) is 42.2 Å². The maximum absolute atomic E-state index is 12.7. The molecule has 5 nitrogen and oxygen atoms in total. The summed E-state index contributed by atoms with van der Waals surface area (Å²) < 4.78 is 0. The molecule has 3 aliphatic carbocycles. The summed E-state index contributed by atoms with van der Waals surface area (Å²) in [6.45, 7) is 0. The Morgan fingerprint density at radius 3 is 2.26 bits per heavy atom. The zero-order chi connectivity index (χ0) is 15.8. The van der Waals surface area contributed by atoms with Gasteiger partial charge in [0, 0.05) is 5.56 Å². The zero-order valence-electron chi connectivity index (χ0n) is 12.4. The summed E-state index contributed by atoms with van der Waals surface area (Å²) in [5.41, 5.74) is 0.693. The predicted molar refractivity (Wildman–Crippen MR) is 82.3 cm³/mol. The molecule has 4 atom stereocenters. The van der Waals surface area contributed by atoms with Crippen molar-refractivity contribution in [2.45, 2.75) is 12.8 Å². The van der Waals surface area contributed by atoms with Crippen LogP contribution in [0, 0.1) is 29.1 Å². The fourth-order valence-electron chi connectivity index (χ4n) is 4.89. The summed E-state index contributed by atoms with van der Waals surface area (Å²) in [7, 11) is 0. The molecule has 2 bridgehead atoms. The second-order valence-corrected chi connectivity index (χ2v) is 7.01. The number of aromatic hydroxyl groups is 1. The smallest absolute Gasteiger partial charge is 0.254 e. The highest BCUT2D eigenvalue weighted by molar-refractivity contribution is 6.07. The van der Waals surface area contributed by atoms with Crippen molar-refractivity contribution in [3.05, 3.63) is 42.0 Å². The lowest BCUT2D eigenvalue weighted by Gasteiger charge is -2.18. The third kappa shape index (κ3) is 1.49. The first-order valence-corrected chi connectivity index (χ1v) is 8.02. The molecule has 1 aromatic carbocycles. The highest BCUT2D eigenvalue weighted by Gasteiger charge is 2.73. The van der Waals surface area contributed by atoms with Crippen LogP contribution in [0.4, 0.5) is 0 Å². The number of phenols is 1. The lowest BCUT2D eigenvalue weighted by atomic mass is 9.85. The number of hydrazone groups is 1. The number of fused-ring (bicyclic) bond motifs is 3. The van der Waals surface area contributed by atoms with E-state index in [2.05, 4.69) is 17.3 Å². The Kier molecular flexibility index (Phi) is 2.33. The van der Waals surface area contributed by atoms with Crippen LogP contribution in [0.15, 0.2) is 41.5 Å². The summed E-state index contributed by atoms with van der Waals surface area (Å²) >= 11 is 0. The van der Waals surface area contributed by atoms with E-state index in [4.69, 9.17) is 0 Å². The molecule has 3 fully saturated rings. The van der Waals surface area contributed by atoms with Crippen LogP contribution in [0.2, 0.25) is 0 Å². The van der Waals surface area contributed by atoms with Crippen LogP contribution >= 0.6 is 0 Å². The van der Waals surface area contributed by atoms with E-state index < -0.39 is 0 Å². The van der Waals surface area contributed by atoms with Crippen molar-refractivity contribution in [1.82, 2.24) is 5.01 Å². The number of phenolic OH excluding ortho intramolecular Hbond substituents is 1. The minimum atomic E-state index is -0.235. The zero-order valence-corrected chi connectivity index (χ0v) is 12.4. The minimum Gasteiger partial charge on any atom is -0.507 e. The van der Waals surface area contributed by atoms with E-state index >= 15 is 0 Å². The molecule has 1 saturated heterocycles. The molecule has 1 spiro atoms. The summed E-state index contributed by atoms with van der Waals surface area (Å²) in [6.07, 6.45) is 7.92. The molecule has 0 radical (unpaired) electrons. The topological polar surface area (TPSA) is 70.0 Å². The summed E-state index contributed by atoms with van der Waals surface area (Å²) in [5.74, 6) is -0.347. The van der Waals surface area contributed by atoms with Crippen LogP contribution in [0.5, 0.6) is 5.75 Å². The fraction of sp³-hybridized carbons (Fsp3) is 0.389. The van der Waals surface area contributed by atoms with Crippen LogP contribution in [0.25, 0.3) is 0 Å². The van der Waals surface area contributed by atoms with Crippen LogP contribution in [0.1, 0.15) is 18.4 Å². The number of benzene rings is 1. The molecular weight excluding hydrogens is 292 g/mol. The van der Waals surface area contributed by atoms with E-state index in [1.54, 1.807) is 24.3 Å². The molecular formula is C18H16N2O3. The van der Waals surface area contributed by atoms with E-state index in [1.165, 1.54) is 6.21 Å². The third-order valence-electron chi connectivity index (χ3n) is 6.08. The Morgan fingerprint density at radius 2 is 1.70 bits per heavy atom. The monoisotopic (exact) mass is 308 g/mol. The standard InChI is InChI=1S/C18H16N2O3/c21-13-4-2-1-3-10(13)9-19-20-16(22)14-11-5-6-12(15(14)17(20)23)18(11)7-8-18/h1-6,9,11-12,14-15,21H,7-8H2/b19-9+/t11-,12+,14-,15+. The number of hydrogen-bond donors (Lipinski definition) is 1. The average molecular weight is 308 g/mol. The van der Waals surface area contributed by atoms with Gasteiger partial charge in [0.25, 0.3) is 11.8 Å². The quantitative estimate of drug-likeness (QED) is 0.515. The Morgan fingerprint density at radius 1 is 1.09 bits per heavy atom. The van der Waals surface area contributed by atoms with Crippen LogP contribution < -0.4 is 0 Å². The lowest BCUT2D eigenvalue weighted by molar-refractivity contribution is -0.141. The molecule has 1 heterocycles. The number of allylic oxidation sites excluding steroid dienone is 2. The largest absolute Gasteiger partial charge is 0.507 e. The van der Waals surface area contributed by atoms with Crippen LogP contribution in [-0.2, 0) is 9.59 Å². The highest BCUT2D eigenvalue weighted by atomic mass is 16.3. The number of amides is 2. The second kappa shape index (κ2) is 4.10. The molecule has 2 saturated carbocycles. The van der Waals surface area contributed by atoms with Crippen molar-refractivity contribution in [2.75, 3.05) is 0 Å². The Hall–Kier alpha value is -2.43. The number of hydrogen-bond acceptors (Lipinski definition) is 4. The normalized spacial score (nSPS) is 35.7. The molecule has 5 heteroatoms. The Labute approximate surface area is 133 Å². The molecule has 4 aliphatic rings. The van der Waals surface area contributed by atoms with Crippen molar-refractivity contribution in [1.29, 1.82) is 0 Å². The van der Waals surface area contributed by atoms with E-state index in [-0.39, 0.29) is 46.7 Å². The van der Waals surface area contributed by atoms with Gasteiger partial charge in [0.2, 0.25) is 0 Å². The Balaban J connectivity index is 1.46. The summed E-state index contributed by atoms with van der Waals surface area (Å²) in [6, 6.07) is 6.71. The van der Waals surface area contributed by atoms with Gasteiger partial charge >= 0.3 is 0 Å². The van der Waals surface area contributed by atoms with Crippen molar-refractivity contribution in [3.63, 3.8) is 0 Å². The highest BCUT2D eigenvalue weighted by Crippen LogP contribution is 2.73. The number of rotatable bonds is 2. The maximum atomic E-state index is 12.7. The third-order valence-corrected chi connectivity index (χ3v) is 6.08. The molecule has 1 aliphatic heterocycles. The fourth-order valence-corrected chi connectivity index (χ4v) is 4.89. The van der Waals surface area contributed by atoms with Crippen molar-refractivity contribution in [2.24, 2.45) is 34.2 Å². The number of carbonyl (C=O) groups is 2. The van der Waals surface area contributed by atoms with Gasteiger partial charge in [0.1, 0.15) is 5.75 Å². The van der Waals surface area contributed by atoms with Gasteiger partial charge in [-0.1, -0.05) is 24.3 Å². The molecule has 0 unspecified atom stereocenters. The molecule has 1 aromatic rings. The predicted octanol–water partition coefficient (Wildman–Crippen LogP) is 1.92. The van der Waals surface area contributed by atoms with E-state index in [9.17, 15) is 14.7 Å². The maximum Gasteiger partial charge on any atom is 0.254 e. The number of nitrogens with zero attached hydrogens (tertiary/aromatic N) is 2. The van der Waals surface area contributed by atoms with Gasteiger partial charge in [0.05, 0.1) is 18.1 Å². The summed E-state index contributed by atoms with van der Waals surface area (Å²) in [4.78, 5) is 25.4. The molecule has 5 rings (SSSR count).